The SMILES string of the molecule is CCC(C(=O)O)N1CCN(S(=O)(=O)c2ccc3c(c2)NC(=O)CO3)CC1.Cl. The van der Waals surface area contributed by atoms with Crippen LogP contribution in [0.15, 0.2) is 23.1 Å². The molecular weight excluding hydrogens is 398 g/mol. The molecule has 2 aliphatic heterocycles. The predicted molar refractivity (Wildman–Crippen MR) is 99.9 cm³/mol. The number of aliphatic carboxylic acids is 1. The lowest BCUT2D eigenvalue weighted by atomic mass is 10.1. The Morgan fingerprint density at radius 1 is 1.30 bits per heavy atom. The van der Waals surface area contributed by atoms with Crippen molar-refractivity contribution in [2.45, 2.75) is 24.3 Å². The van der Waals surface area contributed by atoms with E-state index in [0.29, 0.717) is 30.9 Å². The summed E-state index contributed by atoms with van der Waals surface area (Å²) in [5, 5.41) is 11.8. The van der Waals surface area contributed by atoms with Crippen molar-refractivity contribution in [1.82, 2.24) is 9.21 Å². The highest BCUT2D eigenvalue weighted by Crippen LogP contribution is 2.31. The fraction of sp³-hybridized carbons (Fsp3) is 0.500. The van der Waals surface area contributed by atoms with E-state index < -0.39 is 22.0 Å². The summed E-state index contributed by atoms with van der Waals surface area (Å²) in [5.74, 6) is -0.796. The molecule has 150 valence electrons. The molecule has 0 radical (unpaired) electrons. The Kier molecular flexibility index (Phi) is 6.68. The van der Waals surface area contributed by atoms with Gasteiger partial charge in [0.2, 0.25) is 10.0 Å². The minimum atomic E-state index is -3.74. The van der Waals surface area contributed by atoms with E-state index in [0.717, 1.165) is 0 Å². The molecule has 11 heteroatoms. The van der Waals surface area contributed by atoms with Crippen LogP contribution in [0.2, 0.25) is 0 Å². The Morgan fingerprint density at radius 2 is 1.96 bits per heavy atom. The molecule has 0 saturated carbocycles. The van der Waals surface area contributed by atoms with E-state index in [1.807, 2.05) is 0 Å². The first-order valence-electron chi connectivity index (χ1n) is 8.36. The van der Waals surface area contributed by atoms with E-state index >= 15 is 0 Å². The number of nitrogens with zero attached hydrogens (tertiary/aromatic N) is 2. The van der Waals surface area contributed by atoms with Gasteiger partial charge in [0.05, 0.1) is 10.6 Å². The lowest BCUT2D eigenvalue weighted by Gasteiger charge is -2.36. The van der Waals surface area contributed by atoms with Gasteiger partial charge in [0.1, 0.15) is 11.8 Å². The molecule has 0 aromatic heterocycles. The minimum Gasteiger partial charge on any atom is -0.482 e. The van der Waals surface area contributed by atoms with Gasteiger partial charge >= 0.3 is 5.97 Å². The third-order valence-electron chi connectivity index (χ3n) is 4.61. The van der Waals surface area contributed by atoms with Crippen LogP contribution < -0.4 is 10.1 Å². The number of ether oxygens (including phenoxy) is 1. The normalized spacial score (nSPS) is 19.2. The van der Waals surface area contributed by atoms with Crippen molar-refractivity contribution in [3.63, 3.8) is 0 Å². The number of carboxylic acid groups (broad SMARTS) is 1. The molecule has 0 spiro atoms. The first-order chi connectivity index (χ1) is 12.3. The number of sulfonamides is 1. The summed E-state index contributed by atoms with van der Waals surface area (Å²) >= 11 is 0. The number of nitrogens with one attached hydrogen (secondary N) is 1. The number of hydrogen-bond acceptors (Lipinski definition) is 6. The Hall–Kier alpha value is -1.88. The van der Waals surface area contributed by atoms with Gasteiger partial charge < -0.3 is 15.2 Å². The molecule has 1 unspecified atom stereocenters. The fourth-order valence-electron chi connectivity index (χ4n) is 3.22. The highest BCUT2D eigenvalue weighted by atomic mass is 35.5. The van der Waals surface area contributed by atoms with E-state index in [-0.39, 0.29) is 42.9 Å². The van der Waals surface area contributed by atoms with E-state index in [2.05, 4.69) is 5.32 Å². The molecule has 2 N–H and O–H groups in total. The summed E-state index contributed by atoms with van der Waals surface area (Å²) < 4.78 is 32.3. The number of fused-ring (bicyclic) bond motifs is 1. The molecule has 0 bridgehead atoms. The monoisotopic (exact) mass is 419 g/mol. The molecule has 1 aromatic carbocycles. The Morgan fingerprint density at radius 3 is 2.56 bits per heavy atom. The number of hydrogen-bond donors (Lipinski definition) is 2. The smallest absolute Gasteiger partial charge is 0.320 e. The van der Waals surface area contributed by atoms with Crippen molar-refractivity contribution in [3.8, 4) is 5.75 Å². The van der Waals surface area contributed by atoms with Crippen LogP contribution in [0.5, 0.6) is 5.75 Å². The van der Waals surface area contributed by atoms with Gasteiger partial charge in [-0.15, -0.1) is 12.4 Å². The van der Waals surface area contributed by atoms with Gasteiger partial charge in [-0.25, -0.2) is 8.42 Å². The standard InChI is InChI=1S/C16H21N3O6S.ClH/c1-2-13(16(21)22)18-5-7-19(8-6-18)26(23,24)11-3-4-14-12(9-11)17-15(20)10-25-14;/h3-4,9,13H,2,5-8,10H2,1H3,(H,17,20)(H,21,22);1H. The lowest BCUT2D eigenvalue weighted by Crippen LogP contribution is -2.53. The van der Waals surface area contributed by atoms with Crippen molar-refractivity contribution in [2.24, 2.45) is 0 Å². The first kappa shape index (κ1) is 21.4. The Balaban J connectivity index is 0.00000261. The number of amides is 1. The number of carboxylic acids is 1. The van der Waals surface area contributed by atoms with Crippen molar-refractivity contribution in [2.75, 3.05) is 38.1 Å². The van der Waals surface area contributed by atoms with Gasteiger partial charge in [0, 0.05) is 26.2 Å². The first-order valence-corrected chi connectivity index (χ1v) is 9.80. The van der Waals surface area contributed by atoms with Crippen LogP contribution in [0.3, 0.4) is 0 Å². The van der Waals surface area contributed by atoms with E-state index in [9.17, 15) is 23.1 Å². The maximum atomic E-state index is 12.9. The van der Waals surface area contributed by atoms with Crippen LogP contribution in [0.4, 0.5) is 5.69 Å². The highest BCUT2D eigenvalue weighted by Gasteiger charge is 2.33. The third-order valence-corrected chi connectivity index (χ3v) is 6.50. The molecular formula is C16H22ClN3O6S. The maximum absolute atomic E-state index is 12.9. The average Bonchev–Trinajstić information content (AvgIpc) is 2.61. The molecule has 1 fully saturated rings. The molecule has 0 aliphatic carbocycles. The molecule has 1 amide bonds. The second kappa shape index (κ2) is 8.42. The van der Waals surface area contributed by atoms with Crippen LogP contribution >= 0.6 is 12.4 Å². The van der Waals surface area contributed by atoms with Crippen molar-refractivity contribution < 1.29 is 27.9 Å². The lowest BCUT2D eigenvalue weighted by molar-refractivity contribution is -0.143. The van der Waals surface area contributed by atoms with E-state index in [1.165, 1.54) is 22.5 Å². The minimum absolute atomic E-state index is 0. The molecule has 2 aliphatic rings. The fourth-order valence-corrected chi connectivity index (χ4v) is 4.67. The van der Waals surface area contributed by atoms with Gasteiger partial charge in [-0.3, -0.25) is 14.5 Å². The zero-order valence-corrected chi connectivity index (χ0v) is 16.4. The number of carbonyl (C=O) groups is 2. The topological polar surface area (TPSA) is 116 Å². The predicted octanol–water partition coefficient (Wildman–Crippen LogP) is 0.609. The van der Waals surface area contributed by atoms with Crippen molar-refractivity contribution in [1.29, 1.82) is 0 Å². The summed E-state index contributed by atoms with van der Waals surface area (Å²) in [6.07, 6.45) is 0.465. The van der Waals surface area contributed by atoms with Crippen LogP contribution in [0.1, 0.15) is 13.3 Å². The number of rotatable bonds is 5. The average molecular weight is 420 g/mol. The molecule has 3 rings (SSSR count). The number of piperazine rings is 1. The van der Waals surface area contributed by atoms with E-state index in [4.69, 9.17) is 4.74 Å². The second-order valence-corrected chi connectivity index (χ2v) is 8.14. The molecule has 1 aromatic rings. The van der Waals surface area contributed by atoms with Crippen LogP contribution in [0, 0.1) is 0 Å². The van der Waals surface area contributed by atoms with Crippen LogP contribution in [0.25, 0.3) is 0 Å². The Labute approximate surface area is 163 Å². The molecule has 2 heterocycles. The molecule has 27 heavy (non-hydrogen) atoms. The van der Waals surface area contributed by atoms with Crippen molar-refractivity contribution >= 4 is 40.0 Å². The van der Waals surface area contributed by atoms with Gasteiger partial charge in [-0.1, -0.05) is 6.92 Å². The number of halogens is 1. The summed E-state index contributed by atoms with van der Waals surface area (Å²) in [6.45, 7) is 2.84. The summed E-state index contributed by atoms with van der Waals surface area (Å²) in [6, 6.07) is 3.76. The quantitative estimate of drug-likeness (QED) is 0.718. The van der Waals surface area contributed by atoms with Gasteiger partial charge in [-0.05, 0) is 24.6 Å². The molecule has 9 nitrogen and oxygen atoms in total. The number of anilines is 1. The van der Waals surface area contributed by atoms with Gasteiger partial charge in [0.25, 0.3) is 5.91 Å². The largest absolute Gasteiger partial charge is 0.482 e. The zero-order chi connectivity index (χ0) is 18.9. The third kappa shape index (κ3) is 4.34. The van der Waals surface area contributed by atoms with Gasteiger partial charge in [0.15, 0.2) is 6.61 Å². The summed E-state index contributed by atoms with van der Waals surface area (Å²) in [4.78, 5) is 24.6. The maximum Gasteiger partial charge on any atom is 0.320 e. The van der Waals surface area contributed by atoms with Crippen molar-refractivity contribution in [3.05, 3.63) is 18.2 Å². The zero-order valence-electron chi connectivity index (χ0n) is 14.8. The van der Waals surface area contributed by atoms with Crippen LogP contribution in [-0.2, 0) is 19.6 Å². The number of benzene rings is 1. The molecule has 1 atom stereocenters. The summed E-state index contributed by atoms with van der Waals surface area (Å²) in [5.41, 5.74) is 0.331. The Bertz CT molecular complexity index is 823. The van der Waals surface area contributed by atoms with E-state index in [1.54, 1.807) is 11.8 Å². The molecule has 1 saturated heterocycles. The highest BCUT2D eigenvalue weighted by molar-refractivity contribution is 7.89. The van der Waals surface area contributed by atoms with Crippen LogP contribution in [-0.4, -0.2) is 73.4 Å². The second-order valence-electron chi connectivity index (χ2n) is 6.20. The summed E-state index contributed by atoms with van der Waals surface area (Å²) in [7, 11) is -3.74. The van der Waals surface area contributed by atoms with Gasteiger partial charge in [-0.2, -0.15) is 4.31 Å². The number of carbonyl (C=O) groups excluding carboxylic acids is 1.